The Morgan fingerprint density at radius 1 is 1.14 bits per heavy atom. The van der Waals surface area contributed by atoms with E-state index in [1.807, 2.05) is 48.2 Å². The van der Waals surface area contributed by atoms with E-state index in [0.717, 1.165) is 15.9 Å². The quantitative estimate of drug-likeness (QED) is 0.387. The second kappa shape index (κ2) is 9.19. The minimum Gasteiger partial charge on any atom is -0.384 e. The van der Waals surface area contributed by atoms with Crippen LogP contribution in [0.5, 0.6) is 0 Å². The van der Waals surface area contributed by atoms with Crippen molar-refractivity contribution in [3.8, 4) is 11.8 Å². The number of benzene rings is 2. The summed E-state index contributed by atoms with van der Waals surface area (Å²) in [6.45, 7) is 1.82. The lowest BCUT2D eigenvalue weighted by Gasteiger charge is -2.39. The van der Waals surface area contributed by atoms with Gasteiger partial charge in [0.2, 0.25) is 0 Å². The van der Waals surface area contributed by atoms with Gasteiger partial charge in [0.05, 0.1) is 28.9 Å². The molecule has 2 aromatic carbocycles. The summed E-state index contributed by atoms with van der Waals surface area (Å²) in [5.41, 5.74) is 11.0. The fourth-order valence-electron chi connectivity index (χ4n) is 4.88. The number of aryl methyl sites for hydroxylation is 1. The van der Waals surface area contributed by atoms with Gasteiger partial charge in [-0.25, -0.2) is 4.68 Å². The molecule has 3 aromatic rings. The van der Waals surface area contributed by atoms with Gasteiger partial charge in [0, 0.05) is 38.4 Å². The maximum Gasteiger partial charge on any atom is 0.161 e. The molecule has 0 radical (unpaired) electrons. The summed E-state index contributed by atoms with van der Waals surface area (Å²) in [4.78, 5) is 15.2. The summed E-state index contributed by atoms with van der Waals surface area (Å²) in [5.74, 6) is -0.418. The lowest BCUT2D eigenvalue weighted by atomic mass is 9.75. The molecule has 6 nitrogen and oxygen atoms in total. The van der Waals surface area contributed by atoms with Gasteiger partial charge < -0.3 is 5.73 Å². The van der Waals surface area contributed by atoms with Gasteiger partial charge in [0.25, 0.3) is 0 Å². The molecule has 0 saturated heterocycles. The third kappa shape index (κ3) is 3.96. The molecule has 2 N–H and O–H groups in total. The van der Waals surface area contributed by atoms with Crippen LogP contribution in [0.25, 0.3) is 5.69 Å². The third-order valence-corrected chi connectivity index (χ3v) is 7.52. The van der Waals surface area contributed by atoms with Crippen LogP contribution in [0.2, 0.25) is 10.2 Å². The van der Waals surface area contributed by atoms with Crippen LogP contribution in [0.1, 0.15) is 36.4 Å². The number of hydrogen-bond donors (Lipinski definition) is 1. The first kappa shape index (κ1) is 23.7. The highest BCUT2D eigenvalue weighted by Crippen LogP contribution is 2.48. The average molecular weight is 569 g/mol. The van der Waals surface area contributed by atoms with E-state index in [2.05, 4.69) is 27.1 Å². The number of aromatic nitrogens is 2. The zero-order valence-corrected chi connectivity index (χ0v) is 21.8. The Bertz CT molecular complexity index is 1470. The van der Waals surface area contributed by atoms with Crippen molar-refractivity contribution < 1.29 is 4.79 Å². The fourth-order valence-corrected chi connectivity index (χ4v) is 5.71. The Kier molecular flexibility index (Phi) is 6.22. The first-order chi connectivity index (χ1) is 16.8. The molecule has 2 aliphatic rings. The van der Waals surface area contributed by atoms with Crippen molar-refractivity contribution in [1.29, 1.82) is 5.26 Å². The van der Waals surface area contributed by atoms with Crippen LogP contribution >= 0.6 is 39.1 Å². The summed E-state index contributed by atoms with van der Waals surface area (Å²) in [5, 5.41) is 15.8. The van der Waals surface area contributed by atoms with Crippen LogP contribution in [0.15, 0.2) is 75.7 Å². The lowest BCUT2D eigenvalue weighted by molar-refractivity contribution is -0.116. The molecule has 0 amide bonds. The number of halogens is 3. The molecule has 0 bridgehead atoms. The number of allylic oxidation sites excluding steroid dienone is 3. The van der Waals surface area contributed by atoms with Gasteiger partial charge in [0.1, 0.15) is 11.0 Å². The predicted octanol–water partition coefficient (Wildman–Crippen LogP) is 6.55. The predicted molar refractivity (Wildman–Crippen MR) is 140 cm³/mol. The van der Waals surface area contributed by atoms with Crippen LogP contribution in [0, 0.1) is 18.3 Å². The standard InChI is InChI=1S/C26H20BrCl2N5O/c1-14-22(25(29)34(32-14)18-5-2-4-16(28)12-18)23-19(13-30)26(31)33(17-10-8-15(27)9-11-17)20-6-3-7-21(35)24(20)23/h2,4-5,8-12,23H,3,6-7,31H2,1H3. The molecular formula is C26H20BrCl2N5O. The molecule has 1 aromatic heterocycles. The van der Waals surface area contributed by atoms with Crippen molar-refractivity contribution in [2.75, 3.05) is 4.90 Å². The van der Waals surface area contributed by atoms with Gasteiger partial charge in [0.15, 0.2) is 5.78 Å². The highest BCUT2D eigenvalue weighted by molar-refractivity contribution is 9.10. The van der Waals surface area contributed by atoms with Gasteiger partial charge in [-0.05, 0) is 62.2 Å². The molecule has 35 heavy (non-hydrogen) atoms. The van der Waals surface area contributed by atoms with E-state index in [9.17, 15) is 10.1 Å². The Balaban J connectivity index is 1.74. The second-order valence-electron chi connectivity index (χ2n) is 8.47. The number of rotatable bonds is 3. The number of nitrogens with two attached hydrogens (primary N) is 1. The summed E-state index contributed by atoms with van der Waals surface area (Å²) in [6, 6.07) is 17.1. The van der Waals surface area contributed by atoms with Crippen molar-refractivity contribution in [3.05, 3.63) is 97.1 Å². The Morgan fingerprint density at radius 3 is 2.57 bits per heavy atom. The van der Waals surface area contributed by atoms with Crippen LogP contribution in [0.3, 0.4) is 0 Å². The number of hydrogen-bond acceptors (Lipinski definition) is 5. The van der Waals surface area contributed by atoms with Crippen LogP contribution in [0.4, 0.5) is 5.69 Å². The number of nitrogens with zero attached hydrogens (tertiary/aromatic N) is 4. The van der Waals surface area contributed by atoms with Gasteiger partial charge in [-0.1, -0.05) is 45.2 Å². The molecule has 5 rings (SSSR count). The van der Waals surface area contributed by atoms with E-state index in [1.165, 1.54) is 0 Å². The molecule has 9 heteroatoms. The van der Waals surface area contributed by atoms with Gasteiger partial charge in [-0.2, -0.15) is 10.4 Å². The van der Waals surface area contributed by atoms with Crippen molar-refractivity contribution in [2.24, 2.45) is 5.73 Å². The largest absolute Gasteiger partial charge is 0.384 e. The average Bonchev–Trinajstić information content (AvgIpc) is 3.13. The molecule has 1 unspecified atom stereocenters. The molecule has 1 aliphatic heterocycles. The summed E-state index contributed by atoms with van der Waals surface area (Å²) in [6.07, 6.45) is 1.77. The van der Waals surface area contributed by atoms with Crippen LogP contribution < -0.4 is 10.6 Å². The smallest absolute Gasteiger partial charge is 0.161 e. The lowest BCUT2D eigenvalue weighted by Crippen LogP contribution is -2.38. The summed E-state index contributed by atoms with van der Waals surface area (Å²) >= 11 is 16.5. The summed E-state index contributed by atoms with van der Waals surface area (Å²) in [7, 11) is 0. The Morgan fingerprint density at radius 2 is 1.89 bits per heavy atom. The maximum absolute atomic E-state index is 13.4. The van der Waals surface area contributed by atoms with E-state index >= 15 is 0 Å². The second-order valence-corrected chi connectivity index (χ2v) is 10.2. The minimum atomic E-state index is -0.699. The van der Waals surface area contributed by atoms with E-state index in [4.69, 9.17) is 28.9 Å². The fraction of sp³-hybridized carbons (Fsp3) is 0.192. The number of carbonyl (C=O) groups excluding carboxylic acids is 1. The van der Waals surface area contributed by atoms with Crippen LogP contribution in [-0.2, 0) is 4.79 Å². The highest BCUT2D eigenvalue weighted by Gasteiger charge is 2.42. The first-order valence-corrected chi connectivity index (χ1v) is 12.6. The van der Waals surface area contributed by atoms with Crippen molar-refractivity contribution in [2.45, 2.75) is 32.1 Å². The number of carbonyl (C=O) groups is 1. The monoisotopic (exact) mass is 567 g/mol. The minimum absolute atomic E-state index is 0.00964. The molecule has 1 atom stereocenters. The van der Waals surface area contributed by atoms with Gasteiger partial charge >= 0.3 is 0 Å². The molecule has 176 valence electrons. The highest BCUT2D eigenvalue weighted by atomic mass is 79.9. The maximum atomic E-state index is 13.4. The summed E-state index contributed by atoms with van der Waals surface area (Å²) < 4.78 is 2.50. The number of Topliss-reactive ketones (excluding diaryl/α,β-unsaturated/α-hetero) is 1. The molecule has 1 aliphatic carbocycles. The number of ketones is 1. The van der Waals surface area contributed by atoms with Crippen LogP contribution in [-0.4, -0.2) is 15.6 Å². The van der Waals surface area contributed by atoms with E-state index in [-0.39, 0.29) is 11.4 Å². The van der Waals surface area contributed by atoms with E-state index < -0.39 is 5.92 Å². The van der Waals surface area contributed by atoms with Crippen molar-refractivity contribution in [3.63, 3.8) is 0 Å². The van der Waals surface area contributed by atoms with E-state index in [0.29, 0.717) is 57.8 Å². The first-order valence-electron chi connectivity index (χ1n) is 11.0. The number of anilines is 1. The Hall–Kier alpha value is -3.05. The molecule has 0 spiro atoms. The zero-order valence-electron chi connectivity index (χ0n) is 18.7. The zero-order chi connectivity index (χ0) is 24.9. The number of nitriles is 1. The topological polar surface area (TPSA) is 87.9 Å². The molecule has 0 saturated carbocycles. The van der Waals surface area contributed by atoms with Gasteiger partial charge in [-0.3, -0.25) is 9.69 Å². The normalized spacial score (nSPS) is 18.1. The third-order valence-electron chi connectivity index (χ3n) is 6.39. The van der Waals surface area contributed by atoms with Crippen molar-refractivity contribution in [1.82, 2.24) is 9.78 Å². The van der Waals surface area contributed by atoms with E-state index in [1.54, 1.807) is 16.8 Å². The molecular weight excluding hydrogens is 549 g/mol. The van der Waals surface area contributed by atoms with Gasteiger partial charge in [-0.15, -0.1) is 0 Å². The SMILES string of the molecule is Cc1nn(-c2cccc(Cl)c2)c(Cl)c1C1C(C#N)=C(N)N(c2ccc(Br)cc2)C2=C1C(=O)CCC2. The molecule has 2 heterocycles. The molecule has 0 fully saturated rings. The Labute approximate surface area is 221 Å². The van der Waals surface area contributed by atoms with Crippen molar-refractivity contribution >= 4 is 50.6 Å².